The van der Waals surface area contributed by atoms with Gasteiger partial charge in [-0.3, -0.25) is 4.79 Å². The van der Waals surface area contributed by atoms with Crippen LogP contribution < -0.4 is 15.4 Å². The quantitative estimate of drug-likeness (QED) is 0.472. The number of allylic oxidation sites excluding steroid dienone is 1. The summed E-state index contributed by atoms with van der Waals surface area (Å²) in [6.45, 7) is 1.87. The molecule has 1 aliphatic rings. The molecule has 1 aromatic heterocycles. The van der Waals surface area contributed by atoms with Gasteiger partial charge in [0.25, 0.3) is 5.91 Å². The molecule has 2 heterocycles. The molecule has 5 rings (SSSR count). The monoisotopic (exact) mass is 423 g/mol. The lowest BCUT2D eigenvalue weighted by atomic mass is 9.95. The van der Waals surface area contributed by atoms with E-state index in [4.69, 9.17) is 4.74 Å². The van der Waals surface area contributed by atoms with Crippen molar-refractivity contribution in [3.05, 3.63) is 108 Å². The highest BCUT2D eigenvalue weighted by Gasteiger charge is 2.33. The van der Waals surface area contributed by atoms with E-state index in [1.165, 1.54) is 6.33 Å². The predicted molar refractivity (Wildman–Crippen MR) is 123 cm³/mol. The number of aromatic nitrogens is 3. The Labute approximate surface area is 185 Å². The molecule has 2 N–H and O–H groups in total. The maximum absolute atomic E-state index is 13.4. The molecule has 158 valence electrons. The van der Waals surface area contributed by atoms with E-state index in [0.717, 1.165) is 22.7 Å². The number of carbonyl (C=O) groups excluding carboxylic acids is 1. The summed E-state index contributed by atoms with van der Waals surface area (Å²) in [5.74, 6) is 1.79. The van der Waals surface area contributed by atoms with Gasteiger partial charge in [-0.15, -0.1) is 0 Å². The average Bonchev–Trinajstić information content (AvgIpc) is 3.27. The first-order chi connectivity index (χ1) is 15.7. The highest BCUT2D eigenvalue weighted by Crippen LogP contribution is 2.36. The van der Waals surface area contributed by atoms with Crippen LogP contribution in [0.4, 0.5) is 11.6 Å². The number of benzene rings is 3. The Bertz CT molecular complexity index is 1280. The fourth-order valence-corrected chi connectivity index (χ4v) is 3.79. The van der Waals surface area contributed by atoms with Gasteiger partial charge in [0.1, 0.15) is 23.9 Å². The zero-order valence-corrected chi connectivity index (χ0v) is 17.4. The first-order valence-corrected chi connectivity index (χ1v) is 10.3. The number of hydrogen-bond donors (Lipinski definition) is 2. The zero-order valence-electron chi connectivity index (χ0n) is 17.4. The summed E-state index contributed by atoms with van der Waals surface area (Å²) in [5.41, 5.74) is 2.87. The zero-order chi connectivity index (χ0) is 21.9. The fraction of sp³-hybridized carbons (Fsp3) is 0.0800. The number of carbonyl (C=O) groups is 1. The normalized spacial score (nSPS) is 15.0. The van der Waals surface area contributed by atoms with Crippen molar-refractivity contribution in [1.82, 2.24) is 14.8 Å². The van der Waals surface area contributed by atoms with Crippen LogP contribution in [0, 0.1) is 0 Å². The minimum absolute atomic E-state index is 0.207. The Balaban J connectivity index is 1.53. The van der Waals surface area contributed by atoms with E-state index in [9.17, 15) is 4.79 Å². The summed E-state index contributed by atoms with van der Waals surface area (Å²) >= 11 is 0. The second kappa shape index (κ2) is 8.39. The summed E-state index contributed by atoms with van der Waals surface area (Å²) in [6.07, 6.45) is 1.48. The van der Waals surface area contributed by atoms with Crippen molar-refractivity contribution in [3.63, 3.8) is 0 Å². The van der Waals surface area contributed by atoms with Gasteiger partial charge >= 0.3 is 0 Å². The first-order valence-electron chi connectivity index (χ1n) is 10.3. The van der Waals surface area contributed by atoms with Crippen LogP contribution >= 0.6 is 0 Å². The SMILES string of the molecule is CC1=C(C(=O)Nc2ccccc2)C(c2cccc(Oc3ccccc3)c2)n2ncnc2N1. The minimum atomic E-state index is -0.461. The van der Waals surface area contributed by atoms with Crippen LogP contribution in [0.3, 0.4) is 0 Å². The standard InChI is InChI=1S/C25H21N5O2/c1-17-22(24(31)29-19-10-4-2-5-11-19)23(30-25(28-17)26-16-27-30)18-9-8-14-21(15-18)32-20-12-6-3-7-13-20/h2-16,23H,1H3,(H,29,31)(H,26,27,28). The van der Waals surface area contributed by atoms with E-state index in [2.05, 4.69) is 20.7 Å². The van der Waals surface area contributed by atoms with E-state index in [1.807, 2.05) is 91.9 Å². The van der Waals surface area contributed by atoms with Crippen molar-refractivity contribution in [2.45, 2.75) is 13.0 Å². The molecule has 0 radical (unpaired) electrons. The van der Waals surface area contributed by atoms with Gasteiger partial charge in [-0.05, 0) is 48.9 Å². The van der Waals surface area contributed by atoms with Gasteiger partial charge in [0.15, 0.2) is 0 Å². The number of hydrogen-bond acceptors (Lipinski definition) is 5. The van der Waals surface area contributed by atoms with E-state index < -0.39 is 6.04 Å². The molecule has 0 fully saturated rings. The highest BCUT2D eigenvalue weighted by molar-refractivity contribution is 6.06. The molecule has 3 aromatic carbocycles. The van der Waals surface area contributed by atoms with E-state index >= 15 is 0 Å². The molecule has 1 atom stereocenters. The predicted octanol–water partition coefficient (Wildman–Crippen LogP) is 5.00. The molecule has 1 unspecified atom stereocenters. The van der Waals surface area contributed by atoms with Crippen LogP contribution in [-0.4, -0.2) is 20.7 Å². The molecule has 32 heavy (non-hydrogen) atoms. The van der Waals surface area contributed by atoms with Crippen molar-refractivity contribution >= 4 is 17.5 Å². The third kappa shape index (κ3) is 3.83. The molecule has 0 bridgehead atoms. The number of anilines is 2. The molecule has 0 saturated heterocycles. The average molecular weight is 423 g/mol. The number of para-hydroxylation sites is 2. The first kappa shape index (κ1) is 19.6. The third-order valence-electron chi connectivity index (χ3n) is 5.22. The maximum atomic E-state index is 13.4. The summed E-state index contributed by atoms with van der Waals surface area (Å²) < 4.78 is 7.74. The molecule has 0 saturated carbocycles. The Morgan fingerprint density at radius 2 is 1.69 bits per heavy atom. The lowest BCUT2D eigenvalue weighted by molar-refractivity contribution is -0.113. The largest absolute Gasteiger partial charge is 0.457 e. The number of amides is 1. The van der Waals surface area contributed by atoms with Gasteiger partial charge in [-0.1, -0.05) is 48.5 Å². The lowest BCUT2D eigenvalue weighted by Gasteiger charge is -2.29. The Morgan fingerprint density at radius 1 is 0.969 bits per heavy atom. The van der Waals surface area contributed by atoms with Crippen LogP contribution in [0.25, 0.3) is 0 Å². The number of nitrogens with zero attached hydrogens (tertiary/aromatic N) is 3. The molecule has 4 aromatic rings. The Hall–Kier alpha value is -4.39. The smallest absolute Gasteiger partial charge is 0.255 e. The number of rotatable bonds is 5. The Morgan fingerprint density at radius 3 is 2.47 bits per heavy atom. The topological polar surface area (TPSA) is 81.1 Å². The van der Waals surface area contributed by atoms with Gasteiger partial charge in [0, 0.05) is 11.4 Å². The number of fused-ring (bicyclic) bond motifs is 1. The molecule has 1 aliphatic heterocycles. The molecule has 0 aliphatic carbocycles. The van der Waals surface area contributed by atoms with Crippen molar-refractivity contribution in [2.24, 2.45) is 0 Å². The van der Waals surface area contributed by atoms with Crippen molar-refractivity contribution < 1.29 is 9.53 Å². The second-order valence-electron chi connectivity index (χ2n) is 7.40. The van der Waals surface area contributed by atoms with Gasteiger partial charge in [0.05, 0.1) is 5.57 Å². The number of nitrogens with one attached hydrogen (secondary N) is 2. The summed E-state index contributed by atoms with van der Waals surface area (Å²) in [7, 11) is 0. The Kier molecular flexibility index (Phi) is 5.13. The lowest BCUT2D eigenvalue weighted by Crippen LogP contribution is -2.31. The molecule has 0 spiro atoms. The van der Waals surface area contributed by atoms with Crippen LogP contribution in [0.1, 0.15) is 18.5 Å². The molecular formula is C25H21N5O2. The third-order valence-corrected chi connectivity index (χ3v) is 5.22. The maximum Gasteiger partial charge on any atom is 0.255 e. The van der Waals surface area contributed by atoms with E-state index in [1.54, 1.807) is 4.68 Å². The van der Waals surface area contributed by atoms with Crippen molar-refractivity contribution in [3.8, 4) is 11.5 Å². The molecule has 7 heteroatoms. The minimum Gasteiger partial charge on any atom is -0.457 e. The van der Waals surface area contributed by atoms with Gasteiger partial charge in [0.2, 0.25) is 5.95 Å². The number of ether oxygens (including phenoxy) is 1. The second-order valence-corrected chi connectivity index (χ2v) is 7.40. The molecular weight excluding hydrogens is 402 g/mol. The van der Waals surface area contributed by atoms with Crippen molar-refractivity contribution in [2.75, 3.05) is 10.6 Å². The van der Waals surface area contributed by atoms with Gasteiger partial charge in [-0.25, -0.2) is 4.68 Å². The fourth-order valence-electron chi connectivity index (χ4n) is 3.79. The van der Waals surface area contributed by atoms with Crippen molar-refractivity contribution in [1.29, 1.82) is 0 Å². The molecule has 1 amide bonds. The van der Waals surface area contributed by atoms with Gasteiger partial charge in [-0.2, -0.15) is 10.1 Å². The van der Waals surface area contributed by atoms with E-state index in [-0.39, 0.29) is 5.91 Å². The van der Waals surface area contributed by atoms with Crippen LogP contribution in [0.2, 0.25) is 0 Å². The van der Waals surface area contributed by atoms with Crippen LogP contribution in [0.5, 0.6) is 11.5 Å². The highest BCUT2D eigenvalue weighted by atomic mass is 16.5. The summed E-state index contributed by atoms with van der Waals surface area (Å²) in [6, 6.07) is 26.2. The summed E-state index contributed by atoms with van der Waals surface area (Å²) in [5, 5.41) is 10.6. The van der Waals surface area contributed by atoms with Crippen LogP contribution in [-0.2, 0) is 4.79 Å². The van der Waals surface area contributed by atoms with E-state index in [0.29, 0.717) is 17.3 Å². The molecule has 7 nitrogen and oxygen atoms in total. The summed E-state index contributed by atoms with van der Waals surface area (Å²) in [4.78, 5) is 17.7. The van der Waals surface area contributed by atoms with Gasteiger partial charge < -0.3 is 15.4 Å². The van der Waals surface area contributed by atoms with Crippen LogP contribution in [0.15, 0.2) is 103 Å².